The highest BCUT2D eigenvalue weighted by Gasteiger charge is 2.04. The molecule has 0 saturated heterocycles. The molecule has 0 aliphatic carbocycles. The molecular weight excluding hydrogens is 234 g/mol. The first-order chi connectivity index (χ1) is 9.24. The Morgan fingerprint density at radius 1 is 1.11 bits per heavy atom. The smallest absolute Gasteiger partial charge is 0.119 e. The van der Waals surface area contributed by atoms with E-state index in [1.807, 2.05) is 6.07 Å². The molecule has 2 aromatic rings. The van der Waals surface area contributed by atoms with Gasteiger partial charge in [0.25, 0.3) is 0 Å². The van der Waals surface area contributed by atoms with Crippen LogP contribution in [0, 0.1) is 6.92 Å². The van der Waals surface area contributed by atoms with Crippen LogP contribution in [0.4, 0.5) is 0 Å². The third kappa shape index (κ3) is 3.36. The summed E-state index contributed by atoms with van der Waals surface area (Å²) in [6.45, 7) is 6.15. The third-order valence-electron chi connectivity index (χ3n) is 3.25. The fourth-order valence-corrected chi connectivity index (χ4v) is 2.21. The number of aryl methyl sites for hydroxylation is 1. The van der Waals surface area contributed by atoms with Gasteiger partial charge in [0, 0.05) is 6.54 Å². The molecule has 2 nitrogen and oxygen atoms in total. The molecular formula is C17H21NO. The van der Waals surface area contributed by atoms with Crippen LogP contribution in [-0.4, -0.2) is 13.7 Å². The molecule has 0 spiro atoms. The Morgan fingerprint density at radius 3 is 2.63 bits per heavy atom. The van der Waals surface area contributed by atoms with E-state index < -0.39 is 0 Å². The molecule has 0 heterocycles. The van der Waals surface area contributed by atoms with Gasteiger partial charge < -0.3 is 10.1 Å². The molecule has 0 saturated carbocycles. The molecule has 19 heavy (non-hydrogen) atoms. The Hall–Kier alpha value is -1.80. The van der Waals surface area contributed by atoms with Crippen molar-refractivity contribution in [3.05, 3.63) is 53.6 Å². The van der Waals surface area contributed by atoms with E-state index in [0.717, 1.165) is 18.8 Å². The molecule has 0 amide bonds. The average Bonchev–Trinajstić information content (AvgIpc) is 2.45. The zero-order valence-corrected chi connectivity index (χ0v) is 11.9. The lowest BCUT2D eigenvalue weighted by molar-refractivity contribution is 0.414. The maximum atomic E-state index is 5.25. The van der Waals surface area contributed by atoms with Crippen molar-refractivity contribution in [1.82, 2.24) is 5.32 Å². The van der Waals surface area contributed by atoms with E-state index in [4.69, 9.17) is 4.74 Å². The Labute approximate surface area is 115 Å². The summed E-state index contributed by atoms with van der Waals surface area (Å²) < 4.78 is 5.25. The van der Waals surface area contributed by atoms with Crippen LogP contribution >= 0.6 is 0 Å². The van der Waals surface area contributed by atoms with Crippen molar-refractivity contribution in [3.8, 4) is 16.9 Å². The van der Waals surface area contributed by atoms with E-state index >= 15 is 0 Å². The van der Waals surface area contributed by atoms with E-state index in [2.05, 4.69) is 55.6 Å². The minimum absolute atomic E-state index is 0.907. The fraction of sp³-hybridized carbons (Fsp3) is 0.294. The van der Waals surface area contributed by atoms with Gasteiger partial charge in [-0.05, 0) is 53.9 Å². The summed E-state index contributed by atoms with van der Waals surface area (Å²) in [6.07, 6.45) is 0. The molecule has 0 fully saturated rings. The zero-order chi connectivity index (χ0) is 13.7. The lowest BCUT2D eigenvalue weighted by atomic mass is 9.98. The Kier molecular flexibility index (Phi) is 4.58. The van der Waals surface area contributed by atoms with Gasteiger partial charge in [0.05, 0.1) is 7.11 Å². The molecule has 0 unspecified atom stereocenters. The minimum atomic E-state index is 0.907. The van der Waals surface area contributed by atoms with Crippen LogP contribution in [0.5, 0.6) is 5.75 Å². The first-order valence-electron chi connectivity index (χ1n) is 6.69. The van der Waals surface area contributed by atoms with Crippen LogP contribution in [0.3, 0.4) is 0 Å². The maximum absolute atomic E-state index is 5.25. The number of benzene rings is 2. The number of nitrogens with one attached hydrogen (secondary N) is 1. The molecule has 100 valence electrons. The van der Waals surface area contributed by atoms with Gasteiger partial charge in [0.1, 0.15) is 5.75 Å². The fourth-order valence-electron chi connectivity index (χ4n) is 2.21. The first-order valence-corrected chi connectivity index (χ1v) is 6.69. The second kappa shape index (κ2) is 6.39. The standard InChI is InChI=1S/C17H21NO/c1-4-18-12-14-6-5-7-15(11-14)17-9-8-16(19-3)10-13(17)2/h5-11,18H,4,12H2,1-3H3. The second-order valence-corrected chi connectivity index (χ2v) is 4.66. The van der Waals surface area contributed by atoms with E-state index in [1.54, 1.807) is 7.11 Å². The van der Waals surface area contributed by atoms with Crippen LogP contribution in [0.1, 0.15) is 18.1 Å². The van der Waals surface area contributed by atoms with Gasteiger partial charge in [-0.2, -0.15) is 0 Å². The molecule has 2 rings (SSSR count). The Morgan fingerprint density at radius 2 is 1.95 bits per heavy atom. The van der Waals surface area contributed by atoms with Crippen molar-refractivity contribution in [2.24, 2.45) is 0 Å². The van der Waals surface area contributed by atoms with Gasteiger partial charge in [-0.3, -0.25) is 0 Å². The highest BCUT2D eigenvalue weighted by molar-refractivity contribution is 5.68. The molecule has 0 aliphatic rings. The van der Waals surface area contributed by atoms with Gasteiger partial charge >= 0.3 is 0 Å². The summed E-state index contributed by atoms with van der Waals surface area (Å²) in [6, 6.07) is 14.9. The number of methoxy groups -OCH3 is 1. The number of rotatable bonds is 5. The highest BCUT2D eigenvalue weighted by Crippen LogP contribution is 2.27. The third-order valence-corrected chi connectivity index (χ3v) is 3.25. The molecule has 0 radical (unpaired) electrons. The van der Waals surface area contributed by atoms with Crippen molar-refractivity contribution in [3.63, 3.8) is 0 Å². The van der Waals surface area contributed by atoms with Gasteiger partial charge in [0.15, 0.2) is 0 Å². The van der Waals surface area contributed by atoms with Gasteiger partial charge in [-0.25, -0.2) is 0 Å². The monoisotopic (exact) mass is 255 g/mol. The van der Waals surface area contributed by atoms with Crippen molar-refractivity contribution in [2.45, 2.75) is 20.4 Å². The van der Waals surface area contributed by atoms with Crippen molar-refractivity contribution < 1.29 is 4.74 Å². The minimum Gasteiger partial charge on any atom is -0.497 e. The van der Waals surface area contributed by atoms with Crippen LogP contribution in [0.2, 0.25) is 0 Å². The maximum Gasteiger partial charge on any atom is 0.119 e. The lowest BCUT2D eigenvalue weighted by Gasteiger charge is -2.10. The van der Waals surface area contributed by atoms with E-state index in [-0.39, 0.29) is 0 Å². The molecule has 0 aliphatic heterocycles. The lowest BCUT2D eigenvalue weighted by Crippen LogP contribution is -2.11. The molecule has 2 aromatic carbocycles. The predicted molar refractivity (Wildman–Crippen MR) is 80.5 cm³/mol. The van der Waals surface area contributed by atoms with Crippen LogP contribution in [0.15, 0.2) is 42.5 Å². The summed E-state index contributed by atoms with van der Waals surface area (Å²) in [7, 11) is 1.70. The summed E-state index contributed by atoms with van der Waals surface area (Å²) in [5, 5.41) is 3.36. The average molecular weight is 255 g/mol. The van der Waals surface area contributed by atoms with Gasteiger partial charge in [-0.15, -0.1) is 0 Å². The summed E-state index contributed by atoms with van der Waals surface area (Å²) in [5.41, 5.74) is 5.07. The number of hydrogen-bond acceptors (Lipinski definition) is 2. The van der Waals surface area contributed by atoms with Gasteiger partial charge in [-0.1, -0.05) is 31.2 Å². The second-order valence-electron chi connectivity index (χ2n) is 4.66. The van der Waals surface area contributed by atoms with Crippen molar-refractivity contribution >= 4 is 0 Å². The van der Waals surface area contributed by atoms with Crippen molar-refractivity contribution in [1.29, 1.82) is 0 Å². The summed E-state index contributed by atoms with van der Waals surface area (Å²) >= 11 is 0. The van der Waals surface area contributed by atoms with E-state index in [9.17, 15) is 0 Å². The molecule has 2 heteroatoms. The normalized spacial score (nSPS) is 10.5. The van der Waals surface area contributed by atoms with Crippen LogP contribution in [0.25, 0.3) is 11.1 Å². The molecule has 0 atom stereocenters. The number of hydrogen-bond donors (Lipinski definition) is 1. The van der Waals surface area contributed by atoms with Crippen LogP contribution < -0.4 is 10.1 Å². The number of ether oxygens (including phenoxy) is 1. The van der Waals surface area contributed by atoms with E-state index in [1.165, 1.54) is 22.3 Å². The largest absolute Gasteiger partial charge is 0.497 e. The SMILES string of the molecule is CCNCc1cccc(-c2ccc(OC)cc2C)c1. The molecule has 1 N–H and O–H groups in total. The van der Waals surface area contributed by atoms with Crippen molar-refractivity contribution in [2.75, 3.05) is 13.7 Å². The summed E-state index contributed by atoms with van der Waals surface area (Å²) in [4.78, 5) is 0. The topological polar surface area (TPSA) is 21.3 Å². The van der Waals surface area contributed by atoms with Gasteiger partial charge in [0.2, 0.25) is 0 Å². The summed E-state index contributed by atoms with van der Waals surface area (Å²) in [5.74, 6) is 0.907. The van der Waals surface area contributed by atoms with Crippen LogP contribution in [-0.2, 0) is 6.54 Å². The predicted octanol–water partition coefficient (Wildman–Crippen LogP) is 3.78. The highest BCUT2D eigenvalue weighted by atomic mass is 16.5. The van der Waals surface area contributed by atoms with E-state index in [0.29, 0.717) is 0 Å². The first kappa shape index (κ1) is 13.6. The Bertz CT molecular complexity index is 549. The molecule has 0 bridgehead atoms. The zero-order valence-electron chi connectivity index (χ0n) is 11.9. The Balaban J connectivity index is 2.30. The molecule has 0 aromatic heterocycles. The quantitative estimate of drug-likeness (QED) is 0.878.